The fourth-order valence-electron chi connectivity index (χ4n) is 2.71. The zero-order chi connectivity index (χ0) is 14.4. The summed E-state index contributed by atoms with van der Waals surface area (Å²) in [5.74, 6) is 0.147. The number of rotatable bonds is 7. The molecule has 1 saturated carbocycles. The molecular formula is C13H26N2O3S. The number of amides is 1. The number of carbonyl (C=O) groups excluding carboxylic acids is 1. The maximum Gasteiger partial charge on any atom is 0.226 e. The molecule has 0 aliphatic heterocycles. The van der Waals surface area contributed by atoms with E-state index in [1.165, 1.54) is 6.42 Å². The fourth-order valence-corrected chi connectivity index (χ4v) is 3.22. The molecule has 0 radical (unpaired) electrons. The Kier molecular flexibility index (Phi) is 6.26. The van der Waals surface area contributed by atoms with E-state index in [0.717, 1.165) is 38.4 Å². The largest absolute Gasteiger partial charge is 0.356 e. The van der Waals surface area contributed by atoms with Crippen LogP contribution in [0.25, 0.3) is 0 Å². The average Bonchev–Trinajstić information content (AvgIpc) is 2.37. The molecule has 0 saturated heterocycles. The number of nitrogens with one attached hydrogen (secondary N) is 2. The third-order valence-electron chi connectivity index (χ3n) is 3.97. The van der Waals surface area contributed by atoms with E-state index in [2.05, 4.69) is 17.0 Å². The molecule has 112 valence electrons. The van der Waals surface area contributed by atoms with Gasteiger partial charge < -0.3 is 5.32 Å². The molecule has 1 amide bonds. The average molecular weight is 290 g/mol. The van der Waals surface area contributed by atoms with Gasteiger partial charge in [0.05, 0.1) is 6.26 Å². The molecule has 5 nitrogen and oxygen atoms in total. The summed E-state index contributed by atoms with van der Waals surface area (Å²) < 4.78 is 24.2. The Hall–Kier alpha value is -0.620. The summed E-state index contributed by atoms with van der Waals surface area (Å²) in [7, 11) is -3.12. The van der Waals surface area contributed by atoms with E-state index in [1.807, 2.05) is 0 Å². The van der Waals surface area contributed by atoms with Crippen LogP contribution in [-0.4, -0.2) is 33.7 Å². The Morgan fingerprint density at radius 3 is 2.32 bits per heavy atom. The molecular weight excluding hydrogens is 264 g/mol. The van der Waals surface area contributed by atoms with Crippen molar-refractivity contribution in [1.82, 2.24) is 10.0 Å². The summed E-state index contributed by atoms with van der Waals surface area (Å²) in [6.45, 7) is 2.98. The Balaban J connectivity index is 2.29. The first-order valence-corrected chi connectivity index (χ1v) is 9.02. The van der Waals surface area contributed by atoms with Crippen molar-refractivity contribution < 1.29 is 13.2 Å². The van der Waals surface area contributed by atoms with Crippen LogP contribution < -0.4 is 10.0 Å². The van der Waals surface area contributed by atoms with Crippen molar-refractivity contribution >= 4 is 15.9 Å². The van der Waals surface area contributed by atoms with E-state index in [1.54, 1.807) is 0 Å². The molecule has 1 fully saturated rings. The minimum atomic E-state index is -3.12. The van der Waals surface area contributed by atoms with Gasteiger partial charge >= 0.3 is 0 Å². The van der Waals surface area contributed by atoms with Gasteiger partial charge in [0.1, 0.15) is 0 Å². The second-order valence-electron chi connectivity index (χ2n) is 5.47. The molecule has 2 N–H and O–H groups in total. The fraction of sp³-hybridized carbons (Fsp3) is 0.923. The first kappa shape index (κ1) is 16.4. The summed E-state index contributed by atoms with van der Waals surface area (Å²) in [6, 6.07) is 0. The van der Waals surface area contributed by atoms with Crippen LogP contribution in [0.3, 0.4) is 0 Å². The van der Waals surface area contributed by atoms with Crippen molar-refractivity contribution in [2.45, 2.75) is 51.9 Å². The van der Waals surface area contributed by atoms with Gasteiger partial charge in [0.25, 0.3) is 0 Å². The van der Waals surface area contributed by atoms with E-state index in [4.69, 9.17) is 0 Å². The Morgan fingerprint density at radius 2 is 1.79 bits per heavy atom. The molecule has 1 rings (SSSR count). The molecule has 0 aromatic rings. The molecule has 1 aliphatic rings. The third kappa shape index (κ3) is 5.48. The van der Waals surface area contributed by atoms with Gasteiger partial charge in [0.15, 0.2) is 0 Å². The highest BCUT2D eigenvalue weighted by molar-refractivity contribution is 7.88. The number of hydrogen-bond acceptors (Lipinski definition) is 3. The minimum Gasteiger partial charge on any atom is -0.356 e. The summed E-state index contributed by atoms with van der Waals surface area (Å²) in [5, 5.41) is 2.96. The van der Waals surface area contributed by atoms with Crippen molar-refractivity contribution in [2.24, 2.45) is 5.41 Å². The van der Waals surface area contributed by atoms with Crippen LogP contribution in [0, 0.1) is 5.41 Å². The van der Waals surface area contributed by atoms with Crippen LogP contribution in [0.1, 0.15) is 51.9 Å². The monoisotopic (exact) mass is 290 g/mol. The number of hydrogen-bond donors (Lipinski definition) is 2. The van der Waals surface area contributed by atoms with Gasteiger partial charge in [-0.15, -0.1) is 0 Å². The molecule has 0 spiro atoms. The van der Waals surface area contributed by atoms with Crippen LogP contribution in [0.5, 0.6) is 0 Å². The lowest BCUT2D eigenvalue weighted by atomic mass is 9.71. The molecule has 19 heavy (non-hydrogen) atoms. The van der Waals surface area contributed by atoms with Crippen molar-refractivity contribution in [3.63, 3.8) is 0 Å². The Morgan fingerprint density at radius 1 is 1.16 bits per heavy atom. The smallest absolute Gasteiger partial charge is 0.226 e. The molecule has 6 heteroatoms. The van der Waals surface area contributed by atoms with E-state index >= 15 is 0 Å². The van der Waals surface area contributed by atoms with Gasteiger partial charge in [-0.05, 0) is 25.7 Å². The molecule has 0 heterocycles. The van der Waals surface area contributed by atoms with Crippen LogP contribution in [-0.2, 0) is 14.8 Å². The Bertz CT molecular complexity index is 387. The number of sulfonamides is 1. The lowest BCUT2D eigenvalue weighted by molar-refractivity contribution is -0.133. The SMILES string of the molecule is CCC1(C(=O)NCCCNS(C)(=O)=O)CCCCC1. The zero-order valence-corrected chi connectivity index (χ0v) is 12.8. The van der Waals surface area contributed by atoms with Crippen molar-refractivity contribution in [3.8, 4) is 0 Å². The predicted molar refractivity (Wildman–Crippen MR) is 76.3 cm³/mol. The van der Waals surface area contributed by atoms with Crippen LogP contribution in [0.4, 0.5) is 0 Å². The van der Waals surface area contributed by atoms with E-state index < -0.39 is 10.0 Å². The summed E-state index contributed by atoms with van der Waals surface area (Å²) >= 11 is 0. The topological polar surface area (TPSA) is 75.3 Å². The second kappa shape index (κ2) is 7.24. The first-order valence-electron chi connectivity index (χ1n) is 7.12. The minimum absolute atomic E-state index is 0.147. The highest BCUT2D eigenvalue weighted by Crippen LogP contribution is 2.39. The molecule has 0 bridgehead atoms. The van der Waals surface area contributed by atoms with Gasteiger partial charge in [-0.1, -0.05) is 26.2 Å². The molecule has 1 aliphatic carbocycles. The standard InChI is InChI=1S/C13H26N2O3S/c1-3-13(8-5-4-6-9-13)12(16)14-10-7-11-15-19(2,17)18/h15H,3-11H2,1-2H3,(H,14,16). The Labute approximate surface area is 116 Å². The third-order valence-corrected chi connectivity index (χ3v) is 4.70. The maximum absolute atomic E-state index is 12.3. The van der Waals surface area contributed by atoms with Crippen molar-refractivity contribution in [1.29, 1.82) is 0 Å². The van der Waals surface area contributed by atoms with Crippen LogP contribution >= 0.6 is 0 Å². The lowest BCUT2D eigenvalue weighted by Crippen LogP contribution is -2.42. The highest BCUT2D eigenvalue weighted by Gasteiger charge is 2.37. The van der Waals surface area contributed by atoms with E-state index in [-0.39, 0.29) is 11.3 Å². The molecule has 0 atom stereocenters. The molecule has 0 aromatic carbocycles. The van der Waals surface area contributed by atoms with Crippen LogP contribution in [0.15, 0.2) is 0 Å². The zero-order valence-electron chi connectivity index (χ0n) is 12.0. The van der Waals surface area contributed by atoms with Gasteiger partial charge in [0, 0.05) is 18.5 Å². The lowest BCUT2D eigenvalue weighted by Gasteiger charge is -2.34. The van der Waals surface area contributed by atoms with Crippen molar-refractivity contribution in [3.05, 3.63) is 0 Å². The molecule has 0 aromatic heterocycles. The summed E-state index contributed by atoms with van der Waals surface area (Å²) in [5.41, 5.74) is -0.178. The predicted octanol–water partition coefficient (Wildman–Crippen LogP) is 1.40. The van der Waals surface area contributed by atoms with Crippen molar-refractivity contribution in [2.75, 3.05) is 19.3 Å². The van der Waals surface area contributed by atoms with Gasteiger partial charge in [-0.25, -0.2) is 13.1 Å². The van der Waals surface area contributed by atoms with Crippen LogP contribution in [0.2, 0.25) is 0 Å². The number of carbonyl (C=O) groups is 1. The van der Waals surface area contributed by atoms with Gasteiger partial charge in [0.2, 0.25) is 15.9 Å². The highest BCUT2D eigenvalue weighted by atomic mass is 32.2. The van der Waals surface area contributed by atoms with Gasteiger partial charge in [-0.2, -0.15) is 0 Å². The van der Waals surface area contributed by atoms with E-state index in [9.17, 15) is 13.2 Å². The van der Waals surface area contributed by atoms with E-state index in [0.29, 0.717) is 19.5 Å². The van der Waals surface area contributed by atoms with Gasteiger partial charge in [-0.3, -0.25) is 4.79 Å². The second-order valence-corrected chi connectivity index (χ2v) is 7.30. The summed E-state index contributed by atoms with van der Waals surface area (Å²) in [6.07, 6.45) is 8.12. The quantitative estimate of drug-likeness (QED) is 0.696. The molecule has 0 unspecified atom stereocenters. The normalized spacial score (nSPS) is 19.1. The maximum atomic E-state index is 12.3. The summed E-state index contributed by atoms with van der Waals surface area (Å²) in [4.78, 5) is 12.3. The first-order chi connectivity index (χ1) is 8.90.